The molecule has 98 valence electrons. The standard InChI is InChI=1S/C11H13NO6/c1-17-7-4-5(11(16)18-2)3-6(9(7)13)8(12)10(14)15/h3-4,8,13H,12H2,1-2H3,(H,14,15). The summed E-state index contributed by atoms with van der Waals surface area (Å²) in [7, 11) is 2.45. The number of carbonyl (C=O) groups is 2. The molecule has 0 spiro atoms. The Bertz CT molecular complexity index is 485. The normalized spacial score (nSPS) is 11.7. The lowest BCUT2D eigenvalue weighted by atomic mass is 10.0. The van der Waals surface area contributed by atoms with Crippen molar-refractivity contribution < 1.29 is 29.3 Å². The monoisotopic (exact) mass is 255 g/mol. The average molecular weight is 255 g/mol. The number of phenolic OH excluding ortho intramolecular Hbond substituents is 1. The first-order valence-corrected chi connectivity index (χ1v) is 4.90. The van der Waals surface area contributed by atoms with Crippen molar-refractivity contribution in [3.63, 3.8) is 0 Å². The van der Waals surface area contributed by atoms with E-state index in [2.05, 4.69) is 4.74 Å². The van der Waals surface area contributed by atoms with Crippen molar-refractivity contribution in [1.29, 1.82) is 0 Å². The number of methoxy groups -OCH3 is 2. The molecule has 1 atom stereocenters. The van der Waals surface area contributed by atoms with Crippen LogP contribution in [0.3, 0.4) is 0 Å². The van der Waals surface area contributed by atoms with E-state index < -0.39 is 23.7 Å². The first kappa shape index (κ1) is 13.8. The molecule has 7 heteroatoms. The van der Waals surface area contributed by atoms with Gasteiger partial charge in [-0.3, -0.25) is 4.79 Å². The van der Waals surface area contributed by atoms with Gasteiger partial charge >= 0.3 is 11.9 Å². The number of rotatable bonds is 4. The summed E-state index contributed by atoms with van der Waals surface area (Å²) >= 11 is 0. The van der Waals surface area contributed by atoms with Crippen LogP contribution in [0.2, 0.25) is 0 Å². The molecule has 0 fully saturated rings. The minimum Gasteiger partial charge on any atom is -0.504 e. The predicted octanol–water partition coefficient (Wildman–Crippen LogP) is 0.272. The van der Waals surface area contributed by atoms with E-state index in [1.165, 1.54) is 20.3 Å². The number of carboxylic acids is 1. The fourth-order valence-corrected chi connectivity index (χ4v) is 1.39. The molecule has 0 amide bonds. The maximum atomic E-state index is 11.4. The molecule has 0 bridgehead atoms. The topological polar surface area (TPSA) is 119 Å². The van der Waals surface area contributed by atoms with Crippen molar-refractivity contribution in [3.8, 4) is 11.5 Å². The van der Waals surface area contributed by atoms with Gasteiger partial charge in [0.25, 0.3) is 0 Å². The van der Waals surface area contributed by atoms with E-state index in [1.54, 1.807) is 0 Å². The van der Waals surface area contributed by atoms with Crippen LogP contribution in [0.25, 0.3) is 0 Å². The first-order chi connectivity index (χ1) is 8.42. The molecule has 0 heterocycles. The molecule has 4 N–H and O–H groups in total. The summed E-state index contributed by atoms with van der Waals surface area (Å²) < 4.78 is 9.35. The van der Waals surface area contributed by atoms with Gasteiger partial charge < -0.3 is 25.4 Å². The Morgan fingerprint density at radius 1 is 1.33 bits per heavy atom. The van der Waals surface area contributed by atoms with Crippen LogP contribution in [0.1, 0.15) is 22.0 Å². The number of aromatic hydroxyl groups is 1. The molecule has 0 radical (unpaired) electrons. The van der Waals surface area contributed by atoms with Crippen LogP contribution >= 0.6 is 0 Å². The summed E-state index contributed by atoms with van der Waals surface area (Å²) in [4.78, 5) is 22.2. The van der Waals surface area contributed by atoms with E-state index in [9.17, 15) is 14.7 Å². The molecule has 0 saturated carbocycles. The van der Waals surface area contributed by atoms with Crippen molar-refractivity contribution in [2.45, 2.75) is 6.04 Å². The van der Waals surface area contributed by atoms with Gasteiger partial charge in [0, 0.05) is 5.56 Å². The van der Waals surface area contributed by atoms with E-state index in [1.807, 2.05) is 0 Å². The number of carboxylic acid groups (broad SMARTS) is 1. The number of esters is 1. The predicted molar refractivity (Wildman–Crippen MR) is 60.6 cm³/mol. The zero-order valence-corrected chi connectivity index (χ0v) is 9.84. The number of phenols is 1. The highest BCUT2D eigenvalue weighted by Gasteiger charge is 2.23. The maximum Gasteiger partial charge on any atom is 0.337 e. The van der Waals surface area contributed by atoms with Gasteiger partial charge in [0.15, 0.2) is 11.5 Å². The molecule has 7 nitrogen and oxygen atoms in total. The SMILES string of the molecule is COC(=O)c1cc(OC)c(O)c(C(N)C(=O)O)c1. The molecular formula is C11H13NO6. The van der Waals surface area contributed by atoms with Crippen LogP contribution in [0.4, 0.5) is 0 Å². The summed E-state index contributed by atoms with van der Waals surface area (Å²) in [5.41, 5.74) is 5.32. The number of nitrogens with two attached hydrogens (primary N) is 1. The summed E-state index contributed by atoms with van der Waals surface area (Å²) in [5, 5.41) is 18.6. The summed E-state index contributed by atoms with van der Waals surface area (Å²) in [5.74, 6) is -2.49. The van der Waals surface area contributed by atoms with Crippen molar-refractivity contribution in [1.82, 2.24) is 0 Å². The number of ether oxygens (including phenoxy) is 2. The van der Waals surface area contributed by atoms with Gasteiger partial charge in [-0.1, -0.05) is 0 Å². The number of hydrogen-bond donors (Lipinski definition) is 3. The van der Waals surface area contributed by atoms with E-state index in [4.69, 9.17) is 15.6 Å². The third-order valence-electron chi connectivity index (χ3n) is 2.35. The zero-order chi connectivity index (χ0) is 13.9. The van der Waals surface area contributed by atoms with Crippen LogP contribution in [0.15, 0.2) is 12.1 Å². The van der Waals surface area contributed by atoms with Gasteiger partial charge in [-0.25, -0.2) is 4.79 Å². The van der Waals surface area contributed by atoms with Gasteiger partial charge in [0.2, 0.25) is 0 Å². The Morgan fingerprint density at radius 3 is 2.39 bits per heavy atom. The Balaban J connectivity index is 3.40. The third-order valence-corrected chi connectivity index (χ3v) is 2.35. The molecule has 0 aliphatic rings. The molecule has 1 aromatic carbocycles. The van der Waals surface area contributed by atoms with Gasteiger partial charge in [0.1, 0.15) is 6.04 Å². The largest absolute Gasteiger partial charge is 0.504 e. The quantitative estimate of drug-likeness (QED) is 0.660. The Labute approximate surface area is 103 Å². The lowest BCUT2D eigenvalue weighted by Gasteiger charge is -2.13. The summed E-state index contributed by atoms with van der Waals surface area (Å²) in [6.45, 7) is 0. The molecule has 0 saturated heterocycles. The van der Waals surface area contributed by atoms with Crippen LogP contribution < -0.4 is 10.5 Å². The van der Waals surface area contributed by atoms with E-state index in [0.717, 1.165) is 6.07 Å². The number of hydrogen-bond acceptors (Lipinski definition) is 6. The van der Waals surface area contributed by atoms with Crippen LogP contribution in [-0.4, -0.2) is 36.4 Å². The second-order valence-corrected chi connectivity index (χ2v) is 3.42. The second kappa shape index (κ2) is 5.37. The molecule has 0 aliphatic heterocycles. The van der Waals surface area contributed by atoms with Gasteiger partial charge in [0.05, 0.1) is 19.8 Å². The van der Waals surface area contributed by atoms with E-state index in [0.29, 0.717) is 0 Å². The Kier molecular flexibility index (Phi) is 4.11. The highest BCUT2D eigenvalue weighted by molar-refractivity contribution is 5.91. The van der Waals surface area contributed by atoms with Gasteiger partial charge in [-0.2, -0.15) is 0 Å². The number of aliphatic carboxylic acids is 1. The molecule has 0 aromatic heterocycles. The second-order valence-electron chi connectivity index (χ2n) is 3.42. The highest BCUT2D eigenvalue weighted by atomic mass is 16.5. The van der Waals surface area contributed by atoms with Crippen LogP contribution in [-0.2, 0) is 9.53 Å². The van der Waals surface area contributed by atoms with Crippen molar-refractivity contribution in [2.24, 2.45) is 5.73 Å². The van der Waals surface area contributed by atoms with Gasteiger partial charge in [-0.05, 0) is 12.1 Å². The highest BCUT2D eigenvalue weighted by Crippen LogP contribution is 2.34. The fourth-order valence-electron chi connectivity index (χ4n) is 1.39. The number of benzene rings is 1. The van der Waals surface area contributed by atoms with Crippen molar-refractivity contribution in [3.05, 3.63) is 23.3 Å². The molecule has 1 rings (SSSR count). The van der Waals surface area contributed by atoms with Crippen molar-refractivity contribution in [2.75, 3.05) is 14.2 Å². The Hall–Kier alpha value is -2.28. The third kappa shape index (κ3) is 2.51. The average Bonchev–Trinajstić information content (AvgIpc) is 2.37. The zero-order valence-electron chi connectivity index (χ0n) is 9.84. The molecule has 1 aromatic rings. The summed E-state index contributed by atoms with van der Waals surface area (Å²) in [6.07, 6.45) is 0. The van der Waals surface area contributed by atoms with E-state index in [-0.39, 0.29) is 16.9 Å². The Morgan fingerprint density at radius 2 is 1.94 bits per heavy atom. The van der Waals surface area contributed by atoms with Crippen molar-refractivity contribution >= 4 is 11.9 Å². The smallest absolute Gasteiger partial charge is 0.337 e. The summed E-state index contributed by atoms with van der Waals surface area (Å²) in [6, 6.07) is 0.922. The lowest BCUT2D eigenvalue weighted by molar-refractivity contribution is -0.138. The van der Waals surface area contributed by atoms with E-state index >= 15 is 0 Å². The molecule has 18 heavy (non-hydrogen) atoms. The van der Waals surface area contributed by atoms with Crippen LogP contribution in [0.5, 0.6) is 11.5 Å². The minimum atomic E-state index is -1.47. The first-order valence-electron chi connectivity index (χ1n) is 4.90. The number of carbonyl (C=O) groups excluding carboxylic acids is 1. The minimum absolute atomic E-state index is 0.0406. The van der Waals surface area contributed by atoms with Crippen LogP contribution in [0, 0.1) is 0 Å². The lowest BCUT2D eigenvalue weighted by Crippen LogP contribution is -2.21. The van der Waals surface area contributed by atoms with Gasteiger partial charge in [-0.15, -0.1) is 0 Å². The molecule has 1 unspecified atom stereocenters. The maximum absolute atomic E-state index is 11.4. The fraction of sp³-hybridized carbons (Fsp3) is 0.273. The molecule has 0 aliphatic carbocycles. The molecular weight excluding hydrogens is 242 g/mol.